The molecule has 0 bridgehead atoms. The first-order valence-corrected chi connectivity index (χ1v) is 7.57. The number of anilines is 1. The number of benzene rings is 1. The van der Waals surface area contributed by atoms with Crippen LogP contribution < -0.4 is 11.3 Å². The third-order valence-electron chi connectivity index (χ3n) is 2.74. The van der Waals surface area contributed by atoms with Crippen LogP contribution in [0.3, 0.4) is 0 Å². The average molecular weight is 339 g/mol. The van der Waals surface area contributed by atoms with Crippen LogP contribution in [0.25, 0.3) is 0 Å². The number of aromatic nitrogens is 2. The van der Waals surface area contributed by atoms with E-state index in [1.165, 1.54) is 4.90 Å². The molecule has 0 aliphatic carbocycles. The van der Waals surface area contributed by atoms with Crippen LogP contribution in [-0.4, -0.2) is 9.97 Å². The highest BCUT2D eigenvalue weighted by atomic mass is 79.9. The Morgan fingerprint density at radius 1 is 1.32 bits per heavy atom. The number of hydrogen-bond acceptors (Lipinski definition) is 5. The number of halogens is 1. The summed E-state index contributed by atoms with van der Waals surface area (Å²) in [5.41, 5.74) is 4.55. The van der Waals surface area contributed by atoms with Crippen molar-refractivity contribution in [2.45, 2.75) is 24.5 Å². The first-order valence-electron chi connectivity index (χ1n) is 5.79. The van der Waals surface area contributed by atoms with Crippen molar-refractivity contribution in [3.8, 4) is 0 Å². The Kier molecular flexibility index (Phi) is 4.79. The van der Waals surface area contributed by atoms with E-state index in [-0.39, 0.29) is 0 Å². The molecule has 0 fully saturated rings. The van der Waals surface area contributed by atoms with Gasteiger partial charge in [-0.1, -0.05) is 22.0 Å². The summed E-state index contributed by atoms with van der Waals surface area (Å²) in [4.78, 5) is 10.1. The zero-order chi connectivity index (χ0) is 13.8. The molecule has 0 unspecified atom stereocenters. The zero-order valence-corrected chi connectivity index (χ0v) is 13.2. The first-order chi connectivity index (χ1) is 9.10. The molecule has 0 saturated heterocycles. The summed E-state index contributed by atoms with van der Waals surface area (Å²) in [5, 5.41) is 0. The van der Waals surface area contributed by atoms with Gasteiger partial charge in [-0.05, 0) is 32.0 Å². The summed E-state index contributed by atoms with van der Waals surface area (Å²) < 4.78 is 1.07. The molecular formula is C13H15BrN4S. The molecule has 4 nitrogen and oxygen atoms in total. The van der Waals surface area contributed by atoms with Gasteiger partial charge in [-0.2, -0.15) is 0 Å². The Morgan fingerprint density at radius 2 is 2.11 bits per heavy atom. The van der Waals surface area contributed by atoms with Crippen LogP contribution >= 0.6 is 27.7 Å². The van der Waals surface area contributed by atoms with Crippen molar-refractivity contribution in [2.24, 2.45) is 5.84 Å². The largest absolute Gasteiger partial charge is 0.308 e. The highest BCUT2D eigenvalue weighted by molar-refractivity contribution is 9.10. The minimum atomic E-state index is 0.692. The minimum absolute atomic E-state index is 0.692. The number of nitrogens with zero attached hydrogens (tertiary/aromatic N) is 2. The Hall–Kier alpha value is -1.11. The van der Waals surface area contributed by atoms with Gasteiger partial charge in [-0.3, -0.25) is 0 Å². The fraction of sp³-hybridized carbons (Fsp3) is 0.231. The van der Waals surface area contributed by atoms with Crippen molar-refractivity contribution in [3.63, 3.8) is 0 Å². The lowest BCUT2D eigenvalue weighted by Gasteiger charge is -2.09. The van der Waals surface area contributed by atoms with Crippen LogP contribution in [-0.2, 0) is 5.75 Å². The fourth-order valence-electron chi connectivity index (χ4n) is 1.60. The second kappa shape index (κ2) is 6.36. The normalized spacial score (nSPS) is 10.5. The van der Waals surface area contributed by atoms with Gasteiger partial charge in [0.15, 0.2) is 0 Å². The van der Waals surface area contributed by atoms with Crippen molar-refractivity contribution in [3.05, 3.63) is 45.8 Å². The van der Waals surface area contributed by atoms with E-state index in [0.717, 1.165) is 21.6 Å². The van der Waals surface area contributed by atoms with Crippen LogP contribution in [0.1, 0.15) is 17.1 Å². The lowest BCUT2D eigenvalue weighted by atomic mass is 10.2. The second-order valence-electron chi connectivity index (χ2n) is 4.09. The van der Waals surface area contributed by atoms with E-state index in [1.54, 1.807) is 11.8 Å². The predicted octanol–water partition coefficient (Wildman–Crippen LogP) is 3.43. The minimum Gasteiger partial charge on any atom is -0.308 e. The Morgan fingerprint density at radius 3 is 2.79 bits per heavy atom. The van der Waals surface area contributed by atoms with Crippen LogP contribution in [0.15, 0.2) is 33.6 Å². The molecule has 1 aromatic heterocycles. The van der Waals surface area contributed by atoms with Crippen LogP contribution in [0.4, 0.5) is 5.82 Å². The number of nitrogens with one attached hydrogen (secondary N) is 1. The monoisotopic (exact) mass is 338 g/mol. The van der Waals surface area contributed by atoms with E-state index < -0.39 is 0 Å². The second-order valence-corrected chi connectivity index (χ2v) is 6.05. The summed E-state index contributed by atoms with van der Waals surface area (Å²) in [6.07, 6.45) is 0. The summed E-state index contributed by atoms with van der Waals surface area (Å²) >= 11 is 5.16. The topological polar surface area (TPSA) is 63.8 Å². The molecular weight excluding hydrogens is 324 g/mol. The molecule has 2 rings (SSSR count). The smallest absolute Gasteiger partial charge is 0.146 e. The fourth-order valence-corrected chi connectivity index (χ4v) is 2.96. The van der Waals surface area contributed by atoms with E-state index in [1.807, 2.05) is 26.0 Å². The van der Waals surface area contributed by atoms with E-state index >= 15 is 0 Å². The number of rotatable bonds is 4. The highest BCUT2D eigenvalue weighted by Crippen LogP contribution is 2.25. The molecule has 0 amide bonds. The molecule has 0 radical (unpaired) electrons. The molecule has 0 saturated carbocycles. The van der Waals surface area contributed by atoms with Crippen molar-refractivity contribution in [1.29, 1.82) is 0 Å². The summed E-state index contributed by atoms with van der Waals surface area (Å²) in [7, 11) is 0. The number of nitrogens with two attached hydrogens (primary N) is 1. The molecule has 0 spiro atoms. The Labute approximate surface area is 125 Å². The summed E-state index contributed by atoms with van der Waals surface area (Å²) in [5.74, 6) is 7.65. The molecule has 0 aliphatic heterocycles. The molecule has 1 heterocycles. The molecule has 19 heavy (non-hydrogen) atoms. The van der Waals surface area contributed by atoms with Gasteiger partial charge in [0.1, 0.15) is 11.6 Å². The molecule has 1 aromatic carbocycles. The number of aryl methyl sites for hydroxylation is 1. The lowest BCUT2D eigenvalue weighted by molar-refractivity contribution is 0.968. The quantitative estimate of drug-likeness (QED) is 0.508. The third-order valence-corrected chi connectivity index (χ3v) is 4.22. The zero-order valence-electron chi connectivity index (χ0n) is 10.8. The molecule has 6 heteroatoms. The van der Waals surface area contributed by atoms with Gasteiger partial charge < -0.3 is 5.43 Å². The van der Waals surface area contributed by atoms with E-state index in [0.29, 0.717) is 11.6 Å². The maximum absolute atomic E-state index is 5.46. The predicted molar refractivity (Wildman–Crippen MR) is 83.0 cm³/mol. The van der Waals surface area contributed by atoms with E-state index in [4.69, 9.17) is 5.84 Å². The van der Waals surface area contributed by atoms with Crippen molar-refractivity contribution >= 4 is 33.5 Å². The average Bonchev–Trinajstić information content (AvgIpc) is 2.40. The highest BCUT2D eigenvalue weighted by Gasteiger charge is 2.07. The van der Waals surface area contributed by atoms with Gasteiger partial charge >= 0.3 is 0 Å². The van der Waals surface area contributed by atoms with Gasteiger partial charge in [-0.25, -0.2) is 15.8 Å². The third kappa shape index (κ3) is 3.68. The Balaban J connectivity index is 2.13. The maximum atomic E-state index is 5.46. The van der Waals surface area contributed by atoms with Gasteiger partial charge in [0, 0.05) is 20.6 Å². The molecule has 100 valence electrons. The van der Waals surface area contributed by atoms with Gasteiger partial charge in [0.25, 0.3) is 0 Å². The number of hydrazine groups is 1. The van der Waals surface area contributed by atoms with Gasteiger partial charge in [-0.15, -0.1) is 11.8 Å². The maximum Gasteiger partial charge on any atom is 0.146 e. The standard InChI is InChI=1S/C13H15BrN4S/c1-8-9(2)16-12(17-13(8)18-15)7-19-11-5-3-4-10(14)6-11/h3-6H,7,15H2,1-2H3,(H,16,17,18). The first kappa shape index (κ1) is 14.3. The summed E-state index contributed by atoms with van der Waals surface area (Å²) in [6.45, 7) is 3.92. The molecule has 0 aliphatic rings. The van der Waals surface area contributed by atoms with Crippen molar-refractivity contribution < 1.29 is 0 Å². The molecule has 3 N–H and O–H groups in total. The van der Waals surface area contributed by atoms with Crippen molar-refractivity contribution in [2.75, 3.05) is 5.43 Å². The molecule has 0 atom stereocenters. The van der Waals surface area contributed by atoms with Crippen molar-refractivity contribution in [1.82, 2.24) is 9.97 Å². The van der Waals surface area contributed by atoms with Crippen LogP contribution in [0.5, 0.6) is 0 Å². The van der Waals surface area contributed by atoms with E-state index in [9.17, 15) is 0 Å². The van der Waals surface area contributed by atoms with Crippen LogP contribution in [0.2, 0.25) is 0 Å². The number of nitrogen functional groups attached to an aromatic ring is 1. The summed E-state index contributed by atoms with van der Waals surface area (Å²) in [6, 6.07) is 8.17. The number of thioether (sulfide) groups is 1. The molecule has 2 aromatic rings. The lowest BCUT2D eigenvalue weighted by Crippen LogP contribution is -2.13. The SMILES string of the molecule is Cc1nc(CSc2cccc(Br)c2)nc(NN)c1C. The van der Waals surface area contributed by atoms with Crippen LogP contribution in [0, 0.1) is 13.8 Å². The van der Waals surface area contributed by atoms with E-state index in [2.05, 4.69) is 43.5 Å². The van der Waals surface area contributed by atoms with Gasteiger partial charge in [0.2, 0.25) is 0 Å². The van der Waals surface area contributed by atoms with Gasteiger partial charge in [0.05, 0.1) is 5.75 Å². The number of hydrogen-bond donors (Lipinski definition) is 2. The Bertz CT molecular complexity index is 589.